The molecule has 2 aliphatic rings. The fraction of sp³-hybridized carbons (Fsp3) is 0.562. The first-order chi connectivity index (χ1) is 10.0. The Balaban J connectivity index is 1.78. The Bertz CT molecular complexity index is 534. The highest BCUT2D eigenvalue weighted by Crippen LogP contribution is 2.35. The second kappa shape index (κ2) is 5.64. The van der Waals surface area contributed by atoms with E-state index in [0.717, 1.165) is 31.7 Å². The van der Waals surface area contributed by atoms with Gasteiger partial charge in [-0.1, -0.05) is 6.42 Å². The molecule has 2 bridgehead atoms. The van der Waals surface area contributed by atoms with Crippen LogP contribution in [0.3, 0.4) is 0 Å². The van der Waals surface area contributed by atoms with Crippen molar-refractivity contribution in [2.45, 2.75) is 50.3 Å². The summed E-state index contributed by atoms with van der Waals surface area (Å²) < 4.78 is 19.2. The molecule has 4 nitrogen and oxygen atoms in total. The number of hydrogen-bond acceptors (Lipinski definition) is 3. The summed E-state index contributed by atoms with van der Waals surface area (Å²) in [7, 11) is 2.15. The van der Waals surface area contributed by atoms with E-state index in [1.54, 1.807) is 0 Å². The molecule has 3 atom stereocenters. The van der Waals surface area contributed by atoms with E-state index in [-0.39, 0.29) is 17.4 Å². The van der Waals surface area contributed by atoms with Crippen molar-refractivity contribution in [2.24, 2.45) is 0 Å². The predicted molar refractivity (Wildman–Crippen MR) is 76.2 cm³/mol. The maximum absolute atomic E-state index is 13.4. The fourth-order valence-electron chi connectivity index (χ4n) is 3.61. The van der Waals surface area contributed by atoms with Crippen LogP contribution in [0.15, 0.2) is 18.2 Å². The summed E-state index contributed by atoms with van der Waals surface area (Å²) in [6.07, 6.45) is 5.28. The molecule has 1 unspecified atom stereocenters. The van der Waals surface area contributed by atoms with Crippen LogP contribution in [0.2, 0.25) is 0 Å². The normalized spacial score (nSPS) is 29.1. The van der Waals surface area contributed by atoms with Gasteiger partial charge in [0, 0.05) is 18.2 Å². The fourth-order valence-corrected chi connectivity index (χ4v) is 3.61. The van der Waals surface area contributed by atoms with Crippen molar-refractivity contribution in [1.82, 2.24) is 4.90 Å². The van der Waals surface area contributed by atoms with Gasteiger partial charge in [-0.25, -0.2) is 9.18 Å². The van der Waals surface area contributed by atoms with Crippen LogP contribution < -0.4 is 4.74 Å². The summed E-state index contributed by atoms with van der Waals surface area (Å²) in [5, 5.41) is 9.18. The number of carboxylic acids is 1. The third kappa shape index (κ3) is 2.88. The van der Waals surface area contributed by atoms with E-state index < -0.39 is 11.8 Å². The van der Waals surface area contributed by atoms with Crippen LogP contribution in [-0.4, -0.2) is 41.2 Å². The van der Waals surface area contributed by atoms with Gasteiger partial charge in [-0.3, -0.25) is 0 Å². The maximum Gasteiger partial charge on any atom is 0.339 e. The van der Waals surface area contributed by atoms with Gasteiger partial charge in [0.25, 0.3) is 0 Å². The highest BCUT2D eigenvalue weighted by atomic mass is 19.1. The first-order valence-electron chi connectivity index (χ1n) is 7.46. The summed E-state index contributed by atoms with van der Waals surface area (Å²) in [6, 6.07) is 4.58. The van der Waals surface area contributed by atoms with E-state index in [9.17, 15) is 14.3 Å². The average Bonchev–Trinajstić information content (AvgIpc) is 2.39. The van der Waals surface area contributed by atoms with Gasteiger partial charge in [-0.15, -0.1) is 0 Å². The summed E-state index contributed by atoms with van der Waals surface area (Å²) in [5.41, 5.74) is 0.0282. The van der Waals surface area contributed by atoms with E-state index in [4.69, 9.17) is 4.74 Å². The van der Waals surface area contributed by atoms with Crippen molar-refractivity contribution in [2.75, 3.05) is 7.05 Å². The molecule has 0 spiro atoms. The molecule has 114 valence electrons. The van der Waals surface area contributed by atoms with Gasteiger partial charge in [-0.2, -0.15) is 0 Å². The zero-order valence-corrected chi connectivity index (χ0v) is 12.1. The second-order valence-corrected chi connectivity index (χ2v) is 6.06. The molecule has 1 N–H and O–H groups in total. The number of halogens is 1. The number of ether oxygens (including phenoxy) is 1. The number of nitrogens with zero attached hydrogens (tertiary/aromatic N) is 1. The molecule has 5 heteroatoms. The SMILES string of the molecule is CN1[C@@H]2CCC[C@H]1CC(Oc1cc(F)ccc1C(=O)O)C2. The smallest absolute Gasteiger partial charge is 0.339 e. The molecule has 0 amide bonds. The van der Waals surface area contributed by atoms with Crippen molar-refractivity contribution in [3.63, 3.8) is 0 Å². The average molecular weight is 293 g/mol. The number of fused-ring (bicyclic) bond motifs is 2. The zero-order chi connectivity index (χ0) is 15.0. The largest absolute Gasteiger partial charge is 0.489 e. The molecule has 21 heavy (non-hydrogen) atoms. The maximum atomic E-state index is 13.4. The van der Waals surface area contributed by atoms with Crippen molar-refractivity contribution < 1.29 is 19.0 Å². The molecule has 1 aromatic rings. The summed E-state index contributed by atoms with van der Waals surface area (Å²) >= 11 is 0. The molecule has 2 fully saturated rings. The van der Waals surface area contributed by atoms with Crippen LogP contribution >= 0.6 is 0 Å². The molecule has 3 rings (SSSR count). The monoisotopic (exact) mass is 293 g/mol. The lowest BCUT2D eigenvalue weighted by Gasteiger charge is -2.46. The van der Waals surface area contributed by atoms with Crippen molar-refractivity contribution >= 4 is 5.97 Å². The zero-order valence-electron chi connectivity index (χ0n) is 12.1. The Kier molecular flexibility index (Phi) is 3.85. The van der Waals surface area contributed by atoms with E-state index in [1.807, 2.05) is 0 Å². The minimum Gasteiger partial charge on any atom is -0.489 e. The molecule has 0 saturated carbocycles. The van der Waals surface area contributed by atoms with E-state index in [1.165, 1.54) is 18.6 Å². The van der Waals surface area contributed by atoms with Crippen molar-refractivity contribution in [3.8, 4) is 5.75 Å². The van der Waals surface area contributed by atoms with E-state index in [0.29, 0.717) is 12.1 Å². The highest BCUT2D eigenvalue weighted by Gasteiger charge is 2.37. The molecule has 2 saturated heterocycles. The Morgan fingerprint density at radius 3 is 2.62 bits per heavy atom. The van der Waals surface area contributed by atoms with Gasteiger partial charge in [-0.05, 0) is 44.9 Å². The van der Waals surface area contributed by atoms with E-state index in [2.05, 4.69) is 11.9 Å². The number of carbonyl (C=O) groups is 1. The molecule has 1 aromatic carbocycles. The Labute approximate surface area is 123 Å². The number of piperidine rings is 2. The van der Waals surface area contributed by atoms with Gasteiger partial charge < -0.3 is 14.7 Å². The quantitative estimate of drug-likeness (QED) is 0.931. The number of benzene rings is 1. The Hall–Kier alpha value is -1.62. The lowest BCUT2D eigenvalue weighted by atomic mass is 9.83. The highest BCUT2D eigenvalue weighted by molar-refractivity contribution is 5.90. The second-order valence-electron chi connectivity index (χ2n) is 6.06. The van der Waals surface area contributed by atoms with Crippen LogP contribution in [-0.2, 0) is 0 Å². The van der Waals surface area contributed by atoms with Gasteiger partial charge in [0.05, 0.1) is 0 Å². The molecular formula is C16H20FNO3. The van der Waals surface area contributed by atoms with Crippen LogP contribution in [0.5, 0.6) is 5.75 Å². The Morgan fingerprint density at radius 1 is 1.33 bits per heavy atom. The van der Waals surface area contributed by atoms with Crippen molar-refractivity contribution in [1.29, 1.82) is 0 Å². The lowest BCUT2D eigenvalue weighted by molar-refractivity contribution is -0.000376. The first kappa shape index (κ1) is 14.3. The van der Waals surface area contributed by atoms with Crippen molar-refractivity contribution in [3.05, 3.63) is 29.6 Å². The number of carboxylic acid groups (broad SMARTS) is 1. The number of hydrogen-bond donors (Lipinski definition) is 1. The molecule has 0 aromatic heterocycles. The molecular weight excluding hydrogens is 273 g/mol. The number of aromatic carboxylic acids is 1. The third-order valence-electron chi connectivity index (χ3n) is 4.76. The minimum absolute atomic E-state index is 0.0282. The number of rotatable bonds is 3. The van der Waals surface area contributed by atoms with Gasteiger partial charge in [0.1, 0.15) is 23.2 Å². The van der Waals surface area contributed by atoms with Gasteiger partial charge >= 0.3 is 5.97 Å². The first-order valence-corrected chi connectivity index (χ1v) is 7.46. The van der Waals surface area contributed by atoms with E-state index >= 15 is 0 Å². The summed E-state index contributed by atoms with van der Waals surface area (Å²) in [4.78, 5) is 13.6. The molecule has 0 radical (unpaired) electrons. The van der Waals surface area contributed by atoms with Gasteiger partial charge in [0.2, 0.25) is 0 Å². The Morgan fingerprint density at radius 2 is 2.00 bits per heavy atom. The third-order valence-corrected chi connectivity index (χ3v) is 4.76. The topological polar surface area (TPSA) is 49.8 Å². The summed E-state index contributed by atoms with van der Waals surface area (Å²) in [6.45, 7) is 0. The minimum atomic E-state index is -1.09. The summed E-state index contributed by atoms with van der Waals surface area (Å²) in [5.74, 6) is -1.41. The molecule has 2 aliphatic heterocycles. The van der Waals surface area contributed by atoms with Crippen LogP contribution in [0.1, 0.15) is 42.5 Å². The molecule has 0 aliphatic carbocycles. The molecule has 2 heterocycles. The van der Waals surface area contributed by atoms with Gasteiger partial charge in [0.15, 0.2) is 0 Å². The van der Waals surface area contributed by atoms with Crippen LogP contribution in [0.25, 0.3) is 0 Å². The van der Waals surface area contributed by atoms with Crippen LogP contribution in [0.4, 0.5) is 4.39 Å². The standard InChI is InChI=1S/C16H20FNO3/c1-18-11-3-2-4-12(18)9-13(8-11)21-15-7-10(17)5-6-14(15)16(19)20/h5-7,11-13H,2-4,8-9H2,1H3,(H,19,20)/t11-,12+,13?. The van der Waals surface area contributed by atoms with Crippen LogP contribution in [0, 0.1) is 5.82 Å². The lowest BCUT2D eigenvalue weighted by Crippen LogP contribution is -2.52. The predicted octanol–water partition coefficient (Wildman–Crippen LogP) is 2.92.